The van der Waals surface area contributed by atoms with E-state index >= 15 is 0 Å². The average molecular weight is 179 g/mol. The minimum atomic E-state index is -0.476. The van der Waals surface area contributed by atoms with Crippen molar-refractivity contribution in [2.75, 3.05) is 0 Å². The van der Waals surface area contributed by atoms with E-state index in [1.54, 1.807) is 12.4 Å². The average Bonchev–Trinajstić information content (AvgIpc) is 2.50. The van der Waals surface area contributed by atoms with Gasteiger partial charge in [-0.2, -0.15) is 0 Å². The van der Waals surface area contributed by atoms with Gasteiger partial charge in [0.05, 0.1) is 5.92 Å². The molecule has 1 aromatic heterocycles. The SMILES string of the molecule is CC(=O)C(Cc1cc[nH]c1)C(C)=O. The Balaban J connectivity index is 2.69. The summed E-state index contributed by atoms with van der Waals surface area (Å²) in [7, 11) is 0. The first-order valence-corrected chi connectivity index (χ1v) is 4.24. The molecule has 0 aliphatic carbocycles. The van der Waals surface area contributed by atoms with Gasteiger partial charge in [0.25, 0.3) is 0 Å². The molecule has 0 radical (unpaired) electrons. The molecule has 0 amide bonds. The number of H-pyrrole nitrogens is 1. The van der Waals surface area contributed by atoms with Crippen LogP contribution in [0.15, 0.2) is 18.5 Å². The molecule has 0 fully saturated rings. The lowest BCUT2D eigenvalue weighted by Crippen LogP contribution is -2.21. The minimum Gasteiger partial charge on any atom is -0.367 e. The second kappa shape index (κ2) is 4.03. The van der Waals surface area contributed by atoms with Gasteiger partial charge in [-0.05, 0) is 31.9 Å². The predicted octanol–water partition coefficient (Wildman–Crippen LogP) is 1.35. The number of hydrogen-bond donors (Lipinski definition) is 1. The summed E-state index contributed by atoms with van der Waals surface area (Å²) in [4.78, 5) is 25.1. The fourth-order valence-corrected chi connectivity index (χ4v) is 1.29. The largest absolute Gasteiger partial charge is 0.367 e. The van der Waals surface area contributed by atoms with Crippen LogP contribution in [-0.4, -0.2) is 16.6 Å². The molecule has 0 saturated carbocycles. The van der Waals surface area contributed by atoms with Gasteiger partial charge >= 0.3 is 0 Å². The van der Waals surface area contributed by atoms with Gasteiger partial charge in [-0.15, -0.1) is 0 Å². The maximum Gasteiger partial charge on any atom is 0.140 e. The number of ketones is 2. The first-order chi connectivity index (χ1) is 6.11. The minimum absolute atomic E-state index is 0.0614. The molecule has 0 aliphatic rings. The quantitative estimate of drug-likeness (QED) is 0.709. The number of rotatable bonds is 4. The highest BCUT2D eigenvalue weighted by molar-refractivity contribution is 6.00. The van der Waals surface area contributed by atoms with Crippen LogP contribution >= 0.6 is 0 Å². The fourth-order valence-electron chi connectivity index (χ4n) is 1.29. The van der Waals surface area contributed by atoms with Crippen molar-refractivity contribution >= 4 is 11.6 Å². The number of hydrogen-bond acceptors (Lipinski definition) is 2. The van der Waals surface area contributed by atoms with Crippen LogP contribution in [0.5, 0.6) is 0 Å². The Labute approximate surface area is 77.2 Å². The Morgan fingerprint density at radius 3 is 2.38 bits per heavy atom. The summed E-state index contributed by atoms with van der Waals surface area (Å²) in [5, 5.41) is 0. The molecule has 3 nitrogen and oxygen atoms in total. The van der Waals surface area contributed by atoms with Crippen molar-refractivity contribution in [1.82, 2.24) is 4.98 Å². The first kappa shape index (κ1) is 9.71. The molecule has 13 heavy (non-hydrogen) atoms. The van der Waals surface area contributed by atoms with Crippen molar-refractivity contribution < 1.29 is 9.59 Å². The highest BCUT2D eigenvalue weighted by Crippen LogP contribution is 2.10. The van der Waals surface area contributed by atoms with Crippen LogP contribution in [0, 0.1) is 5.92 Å². The Kier molecular flexibility index (Phi) is 3.01. The zero-order valence-corrected chi connectivity index (χ0v) is 7.83. The lowest BCUT2D eigenvalue weighted by Gasteiger charge is -2.07. The number of carbonyl (C=O) groups is 2. The van der Waals surface area contributed by atoms with Gasteiger partial charge in [0, 0.05) is 12.4 Å². The Morgan fingerprint density at radius 2 is 2.00 bits per heavy atom. The maximum absolute atomic E-state index is 11.1. The van der Waals surface area contributed by atoms with Gasteiger partial charge < -0.3 is 4.98 Å². The van der Waals surface area contributed by atoms with Crippen LogP contribution in [0.3, 0.4) is 0 Å². The molecule has 3 heteroatoms. The fraction of sp³-hybridized carbons (Fsp3) is 0.400. The monoisotopic (exact) mass is 179 g/mol. The van der Waals surface area contributed by atoms with E-state index in [9.17, 15) is 9.59 Å². The van der Waals surface area contributed by atoms with Gasteiger partial charge in [-0.25, -0.2) is 0 Å². The highest BCUT2D eigenvalue weighted by Gasteiger charge is 2.19. The molecule has 0 bridgehead atoms. The number of nitrogens with one attached hydrogen (secondary N) is 1. The van der Waals surface area contributed by atoms with Crippen LogP contribution in [0.25, 0.3) is 0 Å². The normalized spacial score (nSPS) is 10.4. The van der Waals surface area contributed by atoms with E-state index in [0.29, 0.717) is 6.42 Å². The van der Waals surface area contributed by atoms with Crippen molar-refractivity contribution in [1.29, 1.82) is 0 Å². The van der Waals surface area contributed by atoms with E-state index < -0.39 is 5.92 Å². The number of Topliss-reactive ketones (excluding diaryl/α,β-unsaturated/α-hetero) is 2. The van der Waals surface area contributed by atoms with Crippen LogP contribution in [-0.2, 0) is 16.0 Å². The van der Waals surface area contributed by atoms with Crippen LogP contribution in [0.1, 0.15) is 19.4 Å². The number of carbonyl (C=O) groups excluding carboxylic acids is 2. The van der Waals surface area contributed by atoms with E-state index in [-0.39, 0.29) is 11.6 Å². The Morgan fingerprint density at radius 1 is 1.38 bits per heavy atom. The molecular formula is C10H13NO2. The second-order valence-corrected chi connectivity index (χ2v) is 3.20. The molecular weight excluding hydrogens is 166 g/mol. The van der Waals surface area contributed by atoms with E-state index in [1.807, 2.05) is 6.07 Å². The zero-order chi connectivity index (χ0) is 9.84. The van der Waals surface area contributed by atoms with Crippen LogP contribution < -0.4 is 0 Å². The maximum atomic E-state index is 11.1. The molecule has 1 rings (SSSR count). The first-order valence-electron chi connectivity index (χ1n) is 4.24. The van der Waals surface area contributed by atoms with E-state index in [2.05, 4.69) is 4.98 Å². The van der Waals surface area contributed by atoms with Crippen molar-refractivity contribution in [2.45, 2.75) is 20.3 Å². The standard InChI is InChI=1S/C10H13NO2/c1-7(12)10(8(2)13)5-9-3-4-11-6-9/h3-4,6,10-11H,5H2,1-2H3. The zero-order valence-electron chi connectivity index (χ0n) is 7.83. The van der Waals surface area contributed by atoms with Gasteiger partial charge in [-0.3, -0.25) is 9.59 Å². The summed E-state index contributed by atoms with van der Waals surface area (Å²) < 4.78 is 0. The third-order valence-corrected chi connectivity index (χ3v) is 2.08. The molecule has 0 spiro atoms. The highest BCUT2D eigenvalue weighted by atomic mass is 16.1. The summed E-state index contributed by atoms with van der Waals surface area (Å²) in [5.41, 5.74) is 0.996. The van der Waals surface area contributed by atoms with E-state index in [1.165, 1.54) is 13.8 Å². The third-order valence-electron chi connectivity index (χ3n) is 2.08. The smallest absolute Gasteiger partial charge is 0.140 e. The predicted molar refractivity (Wildman–Crippen MR) is 49.3 cm³/mol. The van der Waals surface area contributed by atoms with Gasteiger partial charge in [0.2, 0.25) is 0 Å². The van der Waals surface area contributed by atoms with Gasteiger partial charge in [0.1, 0.15) is 11.6 Å². The summed E-state index contributed by atoms with van der Waals surface area (Å²) in [6.45, 7) is 2.91. The second-order valence-electron chi connectivity index (χ2n) is 3.20. The molecule has 0 saturated heterocycles. The van der Waals surface area contributed by atoms with Crippen molar-refractivity contribution in [3.8, 4) is 0 Å². The van der Waals surface area contributed by atoms with E-state index in [0.717, 1.165) is 5.56 Å². The lowest BCUT2D eigenvalue weighted by atomic mass is 9.94. The molecule has 0 unspecified atom stereocenters. The van der Waals surface area contributed by atoms with Gasteiger partial charge in [-0.1, -0.05) is 0 Å². The molecule has 1 heterocycles. The van der Waals surface area contributed by atoms with Crippen molar-refractivity contribution in [3.05, 3.63) is 24.0 Å². The Hall–Kier alpha value is -1.38. The molecule has 1 N–H and O–H groups in total. The third kappa shape index (κ3) is 2.54. The molecule has 0 aliphatic heterocycles. The molecule has 1 aromatic rings. The van der Waals surface area contributed by atoms with Crippen LogP contribution in [0.2, 0.25) is 0 Å². The molecule has 70 valence electrons. The Bertz CT molecular complexity index is 287. The van der Waals surface area contributed by atoms with Gasteiger partial charge in [0.15, 0.2) is 0 Å². The summed E-state index contributed by atoms with van der Waals surface area (Å²) >= 11 is 0. The summed E-state index contributed by atoms with van der Waals surface area (Å²) in [6.07, 6.45) is 4.10. The van der Waals surface area contributed by atoms with Crippen molar-refractivity contribution in [2.24, 2.45) is 5.92 Å². The molecule has 0 aromatic carbocycles. The summed E-state index contributed by atoms with van der Waals surface area (Å²) in [5.74, 6) is -0.599. The van der Waals surface area contributed by atoms with Crippen LogP contribution in [0.4, 0.5) is 0 Å². The van der Waals surface area contributed by atoms with E-state index in [4.69, 9.17) is 0 Å². The number of aromatic nitrogens is 1. The molecule has 0 atom stereocenters. The lowest BCUT2D eigenvalue weighted by molar-refractivity contribution is -0.130. The topological polar surface area (TPSA) is 49.9 Å². The van der Waals surface area contributed by atoms with Crippen molar-refractivity contribution in [3.63, 3.8) is 0 Å². The summed E-state index contributed by atoms with van der Waals surface area (Å²) in [6, 6.07) is 1.87. The number of aromatic amines is 1.